The van der Waals surface area contributed by atoms with Gasteiger partial charge in [0.25, 0.3) is 0 Å². The standard InChI is InChI=1S/C15H19N3O3/c1-11-13(10-18(2)17-11)9-16-7-8-21-14-5-3-12(4-6-14)15(19)20/h3-6,10,16H,7-9H2,1-2H3,(H,19,20). The number of carbonyl (C=O) groups is 1. The van der Waals surface area contributed by atoms with E-state index in [0.717, 1.165) is 12.2 Å². The van der Waals surface area contributed by atoms with E-state index >= 15 is 0 Å². The van der Waals surface area contributed by atoms with Crippen LogP contribution in [0.5, 0.6) is 5.75 Å². The van der Waals surface area contributed by atoms with Gasteiger partial charge in [0.15, 0.2) is 0 Å². The number of ether oxygens (including phenoxy) is 1. The van der Waals surface area contributed by atoms with Gasteiger partial charge in [-0.25, -0.2) is 4.79 Å². The first-order chi connectivity index (χ1) is 10.1. The number of aryl methyl sites for hydroxylation is 2. The van der Waals surface area contributed by atoms with Crippen molar-refractivity contribution >= 4 is 5.97 Å². The molecule has 0 aliphatic carbocycles. The molecule has 2 N–H and O–H groups in total. The maximum absolute atomic E-state index is 10.7. The van der Waals surface area contributed by atoms with Crippen LogP contribution >= 0.6 is 0 Å². The second-order valence-electron chi connectivity index (χ2n) is 4.77. The Bertz CT molecular complexity index is 605. The molecule has 0 saturated heterocycles. The molecule has 0 spiro atoms. The summed E-state index contributed by atoms with van der Waals surface area (Å²) in [6.45, 7) is 3.96. The van der Waals surface area contributed by atoms with E-state index in [1.165, 1.54) is 17.7 Å². The van der Waals surface area contributed by atoms with Crippen LogP contribution in [0.3, 0.4) is 0 Å². The molecule has 0 radical (unpaired) electrons. The number of aromatic nitrogens is 2. The minimum absolute atomic E-state index is 0.257. The van der Waals surface area contributed by atoms with Gasteiger partial charge in [0.05, 0.1) is 11.3 Å². The van der Waals surface area contributed by atoms with Gasteiger partial charge >= 0.3 is 5.97 Å². The number of carboxylic acid groups (broad SMARTS) is 1. The summed E-state index contributed by atoms with van der Waals surface area (Å²) in [7, 11) is 1.90. The average molecular weight is 289 g/mol. The number of hydrogen-bond acceptors (Lipinski definition) is 4. The highest BCUT2D eigenvalue weighted by atomic mass is 16.5. The summed E-state index contributed by atoms with van der Waals surface area (Å²) in [6, 6.07) is 6.39. The Balaban J connectivity index is 1.70. The molecule has 1 aromatic heterocycles. The summed E-state index contributed by atoms with van der Waals surface area (Å²) < 4.78 is 7.34. The minimum atomic E-state index is -0.935. The number of benzene rings is 1. The third-order valence-corrected chi connectivity index (χ3v) is 3.08. The molecular weight excluding hydrogens is 270 g/mol. The molecule has 0 atom stereocenters. The molecule has 0 amide bonds. The van der Waals surface area contributed by atoms with Gasteiger partial charge in [0.1, 0.15) is 12.4 Å². The van der Waals surface area contributed by atoms with Gasteiger partial charge < -0.3 is 15.2 Å². The molecule has 0 unspecified atom stereocenters. The Hall–Kier alpha value is -2.34. The maximum Gasteiger partial charge on any atom is 0.335 e. The van der Waals surface area contributed by atoms with E-state index in [1.807, 2.05) is 20.2 Å². The molecule has 0 aliphatic rings. The molecule has 0 bridgehead atoms. The normalized spacial score (nSPS) is 10.6. The first-order valence-electron chi connectivity index (χ1n) is 6.72. The number of hydrogen-bond donors (Lipinski definition) is 2. The van der Waals surface area contributed by atoms with Crippen LogP contribution in [-0.4, -0.2) is 34.0 Å². The van der Waals surface area contributed by atoms with Crippen LogP contribution < -0.4 is 10.1 Å². The lowest BCUT2D eigenvalue weighted by Gasteiger charge is -2.07. The molecule has 21 heavy (non-hydrogen) atoms. The van der Waals surface area contributed by atoms with Crippen molar-refractivity contribution in [2.75, 3.05) is 13.2 Å². The quantitative estimate of drug-likeness (QED) is 0.757. The lowest BCUT2D eigenvalue weighted by atomic mass is 10.2. The van der Waals surface area contributed by atoms with Crippen LogP contribution in [0, 0.1) is 6.92 Å². The summed E-state index contributed by atoms with van der Waals surface area (Å²) >= 11 is 0. The van der Waals surface area contributed by atoms with Gasteiger partial charge in [-0.15, -0.1) is 0 Å². The predicted octanol–water partition coefficient (Wildman–Crippen LogP) is 1.60. The Morgan fingerprint density at radius 1 is 1.38 bits per heavy atom. The van der Waals surface area contributed by atoms with Crippen LogP contribution in [0.2, 0.25) is 0 Å². The van der Waals surface area contributed by atoms with E-state index in [0.29, 0.717) is 18.9 Å². The number of nitrogens with zero attached hydrogens (tertiary/aromatic N) is 2. The highest BCUT2D eigenvalue weighted by molar-refractivity contribution is 5.87. The second kappa shape index (κ2) is 6.90. The molecule has 0 aliphatic heterocycles. The van der Waals surface area contributed by atoms with E-state index in [1.54, 1.807) is 16.8 Å². The topological polar surface area (TPSA) is 76.4 Å². The Kier molecular flexibility index (Phi) is 4.94. The highest BCUT2D eigenvalue weighted by Gasteiger charge is 2.03. The molecule has 112 valence electrons. The van der Waals surface area contributed by atoms with E-state index in [4.69, 9.17) is 9.84 Å². The second-order valence-corrected chi connectivity index (χ2v) is 4.77. The lowest BCUT2D eigenvalue weighted by molar-refractivity contribution is 0.0697. The molecule has 2 aromatic rings. The van der Waals surface area contributed by atoms with Crippen molar-refractivity contribution < 1.29 is 14.6 Å². The fourth-order valence-corrected chi connectivity index (χ4v) is 1.98. The zero-order valence-corrected chi connectivity index (χ0v) is 12.2. The van der Waals surface area contributed by atoms with Gasteiger partial charge in [0, 0.05) is 31.9 Å². The van der Waals surface area contributed by atoms with Crippen LogP contribution in [0.25, 0.3) is 0 Å². The fourth-order valence-electron chi connectivity index (χ4n) is 1.98. The van der Waals surface area contributed by atoms with Crippen molar-refractivity contribution in [3.8, 4) is 5.75 Å². The average Bonchev–Trinajstić information content (AvgIpc) is 2.77. The largest absolute Gasteiger partial charge is 0.492 e. The zero-order chi connectivity index (χ0) is 15.2. The molecular formula is C15H19N3O3. The summed E-state index contributed by atoms with van der Waals surface area (Å²) in [6.07, 6.45) is 1.99. The number of carboxylic acids is 1. The SMILES string of the molecule is Cc1nn(C)cc1CNCCOc1ccc(C(=O)O)cc1. The zero-order valence-electron chi connectivity index (χ0n) is 12.2. The first kappa shape index (κ1) is 15.1. The van der Waals surface area contributed by atoms with Crippen molar-refractivity contribution in [1.29, 1.82) is 0 Å². The van der Waals surface area contributed by atoms with E-state index in [-0.39, 0.29) is 5.56 Å². The molecule has 6 nitrogen and oxygen atoms in total. The Labute approximate surface area is 123 Å². The van der Waals surface area contributed by atoms with Crippen molar-refractivity contribution in [2.45, 2.75) is 13.5 Å². The smallest absolute Gasteiger partial charge is 0.335 e. The van der Waals surface area contributed by atoms with Gasteiger partial charge in [0.2, 0.25) is 0 Å². The predicted molar refractivity (Wildman–Crippen MR) is 78.5 cm³/mol. The summed E-state index contributed by atoms with van der Waals surface area (Å²) in [5.74, 6) is -0.269. The van der Waals surface area contributed by atoms with Crippen molar-refractivity contribution in [3.05, 3.63) is 47.3 Å². The molecule has 6 heteroatoms. The maximum atomic E-state index is 10.7. The number of nitrogens with one attached hydrogen (secondary N) is 1. The summed E-state index contributed by atoms with van der Waals surface area (Å²) in [5.41, 5.74) is 2.45. The molecule has 2 rings (SSSR count). The molecule has 1 aromatic carbocycles. The monoisotopic (exact) mass is 289 g/mol. The molecule has 0 fully saturated rings. The van der Waals surface area contributed by atoms with Crippen LogP contribution in [0.4, 0.5) is 0 Å². The van der Waals surface area contributed by atoms with Gasteiger partial charge in [-0.1, -0.05) is 0 Å². The third-order valence-electron chi connectivity index (χ3n) is 3.08. The van der Waals surface area contributed by atoms with Gasteiger partial charge in [-0.3, -0.25) is 4.68 Å². The molecule has 0 saturated carbocycles. The highest BCUT2D eigenvalue weighted by Crippen LogP contribution is 2.11. The van der Waals surface area contributed by atoms with Crippen molar-refractivity contribution in [2.24, 2.45) is 7.05 Å². The van der Waals surface area contributed by atoms with Crippen molar-refractivity contribution in [1.82, 2.24) is 15.1 Å². The molecule has 1 heterocycles. The van der Waals surface area contributed by atoms with Gasteiger partial charge in [-0.05, 0) is 31.2 Å². The van der Waals surface area contributed by atoms with Gasteiger partial charge in [-0.2, -0.15) is 5.10 Å². The Morgan fingerprint density at radius 2 is 2.10 bits per heavy atom. The summed E-state index contributed by atoms with van der Waals surface area (Å²) in [4.78, 5) is 10.7. The first-order valence-corrected chi connectivity index (χ1v) is 6.72. The van der Waals surface area contributed by atoms with Crippen molar-refractivity contribution in [3.63, 3.8) is 0 Å². The number of aromatic carboxylic acids is 1. The summed E-state index contributed by atoms with van der Waals surface area (Å²) in [5, 5.41) is 16.4. The minimum Gasteiger partial charge on any atom is -0.492 e. The van der Waals surface area contributed by atoms with E-state index < -0.39 is 5.97 Å². The lowest BCUT2D eigenvalue weighted by Crippen LogP contribution is -2.20. The van der Waals surface area contributed by atoms with E-state index in [2.05, 4.69) is 10.4 Å². The van der Waals surface area contributed by atoms with E-state index in [9.17, 15) is 4.79 Å². The fraction of sp³-hybridized carbons (Fsp3) is 0.333. The number of rotatable bonds is 7. The van der Waals surface area contributed by atoms with Crippen LogP contribution in [-0.2, 0) is 13.6 Å². The Morgan fingerprint density at radius 3 is 2.67 bits per heavy atom. The van der Waals surface area contributed by atoms with Crippen LogP contribution in [0.1, 0.15) is 21.6 Å². The third kappa shape index (κ3) is 4.32. The van der Waals surface area contributed by atoms with Crippen LogP contribution in [0.15, 0.2) is 30.5 Å².